The van der Waals surface area contributed by atoms with Crippen LogP contribution in [0.4, 0.5) is 0 Å². The van der Waals surface area contributed by atoms with Crippen molar-refractivity contribution in [2.45, 2.75) is 38.6 Å². The summed E-state index contributed by atoms with van der Waals surface area (Å²) >= 11 is 0. The Labute approximate surface area is 104 Å². The van der Waals surface area contributed by atoms with Crippen LogP contribution in [0.5, 0.6) is 0 Å². The van der Waals surface area contributed by atoms with Gasteiger partial charge in [0.1, 0.15) is 0 Å². The van der Waals surface area contributed by atoms with Gasteiger partial charge in [-0.3, -0.25) is 0 Å². The maximum atomic E-state index is 6.29. The van der Waals surface area contributed by atoms with E-state index in [1.165, 1.54) is 11.1 Å². The Bertz CT molecular complexity index is 345. The Morgan fingerprint density at radius 3 is 2.71 bits per heavy atom. The Kier molecular flexibility index (Phi) is 4.57. The predicted octanol–water partition coefficient (Wildman–Crippen LogP) is 2.68. The van der Waals surface area contributed by atoms with Crippen LogP contribution in [0.1, 0.15) is 30.4 Å². The topological polar surface area (TPSA) is 35.2 Å². The molecule has 94 valence electrons. The van der Waals surface area contributed by atoms with Crippen LogP contribution in [0.25, 0.3) is 0 Å². The molecule has 0 spiro atoms. The van der Waals surface area contributed by atoms with Crippen molar-refractivity contribution >= 4 is 0 Å². The van der Waals surface area contributed by atoms with Crippen LogP contribution in [0.15, 0.2) is 24.3 Å². The molecule has 2 nitrogen and oxygen atoms in total. The standard InChI is InChI=1S/C15H23NO/c1-12-4-2-3-5-13(12)6-7-15(16)14-8-10-17-11-9-14/h2-5,14-15H,6-11,16H2,1H3. The second-order valence-electron chi connectivity index (χ2n) is 5.08. The summed E-state index contributed by atoms with van der Waals surface area (Å²) in [7, 11) is 0. The Morgan fingerprint density at radius 2 is 2.00 bits per heavy atom. The summed E-state index contributed by atoms with van der Waals surface area (Å²) in [6, 6.07) is 8.93. The SMILES string of the molecule is Cc1ccccc1CCC(N)C1CCOCC1. The van der Waals surface area contributed by atoms with E-state index < -0.39 is 0 Å². The van der Waals surface area contributed by atoms with Gasteiger partial charge in [0.15, 0.2) is 0 Å². The average molecular weight is 233 g/mol. The molecule has 2 rings (SSSR count). The summed E-state index contributed by atoms with van der Waals surface area (Å²) in [6.07, 6.45) is 4.46. The summed E-state index contributed by atoms with van der Waals surface area (Å²) in [5, 5.41) is 0. The molecule has 1 aromatic carbocycles. The van der Waals surface area contributed by atoms with E-state index in [0.717, 1.165) is 38.9 Å². The van der Waals surface area contributed by atoms with E-state index in [1.54, 1.807) is 0 Å². The second kappa shape index (κ2) is 6.18. The zero-order valence-corrected chi connectivity index (χ0v) is 10.7. The first-order valence-electron chi connectivity index (χ1n) is 6.65. The maximum Gasteiger partial charge on any atom is 0.0469 e. The van der Waals surface area contributed by atoms with Crippen LogP contribution in [0, 0.1) is 12.8 Å². The van der Waals surface area contributed by atoms with E-state index >= 15 is 0 Å². The van der Waals surface area contributed by atoms with E-state index in [2.05, 4.69) is 31.2 Å². The molecular formula is C15H23NO. The smallest absolute Gasteiger partial charge is 0.0469 e. The fourth-order valence-electron chi connectivity index (χ4n) is 2.59. The molecule has 0 aromatic heterocycles. The van der Waals surface area contributed by atoms with Gasteiger partial charge in [-0.25, -0.2) is 0 Å². The van der Waals surface area contributed by atoms with Crippen LogP contribution >= 0.6 is 0 Å². The normalized spacial score (nSPS) is 19.2. The third-order valence-electron chi connectivity index (χ3n) is 3.88. The number of hydrogen-bond acceptors (Lipinski definition) is 2. The highest BCUT2D eigenvalue weighted by atomic mass is 16.5. The number of ether oxygens (including phenoxy) is 1. The molecule has 1 atom stereocenters. The van der Waals surface area contributed by atoms with E-state index in [9.17, 15) is 0 Å². The van der Waals surface area contributed by atoms with Gasteiger partial charge in [0, 0.05) is 19.3 Å². The van der Waals surface area contributed by atoms with Crippen LogP contribution in [0.3, 0.4) is 0 Å². The molecule has 1 saturated heterocycles. The van der Waals surface area contributed by atoms with E-state index in [4.69, 9.17) is 10.5 Å². The van der Waals surface area contributed by atoms with Gasteiger partial charge in [-0.15, -0.1) is 0 Å². The molecule has 0 bridgehead atoms. The highest BCUT2D eigenvalue weighted by Gasteiger charge is 2.20. The molecule has 0 radical (unpaired) electrons. The maximum absolute atomic E-state index is 6.29. The van der Waals surface area contributed by atoms with Gasteiger partial charge in [0.25, 0.3) is 0 Å². The molecule has 17 heavy (non-hydrogen) atoms. The molecule has 0 aliphatic carbocycles. The quantitative estimate of drug-likeness (QED) is 0.867. The van der Waals surface area contributed by atoms with Crippen molar-refractivity contribution in [3.8, 4) is 0 Å². The van der Waals surface area contributed by atoms with E-state index in [-0.39, 0.29) is 0 Å². The molecule has 1 heterocycles. The molecular weight excluding hydrogens is 210 g/mol. The minimum Gasteiger partial charge on any atom is -0.381 e. The number of nitrogens with two attached hydrogens (primary N) is 1. The van der Waals surface area contributed by atoms with Crippen LogP contribution in [0.2, 0.25) is 0 Å². The van der Waals surface area contributed by atoms with Crippen molar-refractivity contribution in [3.05, 3.63) is 35.4 Å². The Hall–Kier alpha value is -0.860. The Morgan fingerprint density at radius 1 is 1.29 bits per heavy atom. The highest BCUT2D eigenvalue weighted by molar-refractivity contribution is 5.25. The zero-order valence-electron chi connectivity index (χ0n) is 10.7. The van der Waals surface area contributed by atoms with Gasteiger partial charge >= 0.3 is 0 Å². The fourth-order valence-corrected chi connectivity index (χ4v) is 2.59. The molecule has 0 saturated carbocycles. The first-order valence-corrected chi connectivity index (χ1v) is 6.65. The monoisotopic (exact) mass is 233 g/mol. The molecule has 1 aliphatic rings. The zero-order chi connectivity index (χ0) is 12.1. The van der Waals surface area contributed by atoms with Gasteiger partial charge < -0.3 is 10.5 Å². The van der Waals surface area contributed by atoms with Gasteiger partial charge in [0.05, 0.1) is 0 Å². The summed E-state index contributed by atoms with van der Waals surface area (Å²) in [5.74, 6) is 0.660. The number of hydrogen-bond donors (Lipinski definition) is 1. The minimum atomic E-state index is 0.332. The first kappa shape index (κ1) is 12.6. The van der Waals surface area contributed by atoms with Crippen molar-refractivity contribution in [2.75, 3.05) is 13.2 Å². The highest BCUT2D eigenvalue weighted by Crippen LogP contribution is 2.21. The summed E-state index contributed by atoms with van der Waals surface area (Å²) in [4.78, 5) is 0. The fraction of sp³-hybridized carbons (Fsp3) is 0.600. The molecule has 1 fully saturated rings. The first-order chi connectivity index (χ1) is 8.27. The van der Waals surface area contributed by atoms with Crippen molar-refractivity contribution in [1.29, 1.82) is 0 Å². The second-order valence-corrected chi connectivity index (χ2v) is 5.08. The molecule has 2 N–H and O–H groups in total. The van der Waals surface area contributed by atoms with E-state index in [0.29, 0.717) is 12.0 Å². The molecule has 2 heteroatoms. The molecule has 1 unspecified atom stereocenters. The van der Waals surface area contributed by atoms with Crippen LogP contribution < -0.4 is 5.73 Å². The third kappa shape index (κ3) is 3.55. The third-order valence-corrected chi connectivity index (χ3v) is 3.88. The predicted molar refractivity (Wildman–Crippen MR) is 71.0 cm³/mol. The van der Waals surface area contributed by atoms with Gasteiger partial charge in [-0.05, 0) is 49.7 Å². The van der Waals surface area contributed by atoms with Gasteiger partial charge in [0.2, 0.25) is 0 Å². The lowest BCUT2D eigenvalue weighted by Gasteiger charge is -2.27. The number of rotatable bonds is 4. The molecule has 0 amide bonds. The lowest BCUT2D eigenvalue weighted by atomic mass is 9.88. The van der Waals surface area contributed by atoms with Crippen LogP contribution in [-0.2, 0) is 11.2 Å². The largest absolute Gasteiger partial charge is 0.381 e. The van der Waals surface area contributed by atoms with Crippen LogP contribution in [-0.4, -0.2) is 19.3 Å². The number of aryl methyl sites for hydroxylation is 2. The lowest BCUT2D eigenvalue weighted by molar-refractivity contribution is 0.0575. The van der Waals surface area contributed by atoms with Crippen molar-refractivity contribution in [3.63, 3.8) is 0 Å². The van der Waals surface area contributed by atoms with Gasteiger partial charge in [-0.2, -0.15) is 0 Å². The van der Waals surface area contributed by atoms with E-state index in [1.807, 2.05) is 0 Å². The summed E-state index contributed by atoms with van der Waals surface area (Å²) in [5.41, 5.74) is 9.11. The minimum absolute atomic E-state index is 0.332. The molecule has 1 aliphatic heterocycles. The van der Waals surface area contributed by atoms with Crippen molar-refractivity contribution in [2.24, 2.45) is 11.7 Å². The number of benzene rings is 1. The Balaban J connectivity index is 1.83. The van der Waals surface area contributed by atoms with Gasteiger partial charge in [-0.1, -0.05) is 24.3 Å². The average Bonchev–Trinajstić information content (AvgIpc) is 2.38. The van der Waals surface area contributed by atoms with Crippen molar-refractivity contribution < 1.29 is 4.74 Å². The lowest BCUT2D eigenvalue weighted by Crippen LogP contribution is -2.34. The molecule has 1 aromatic rings. The van der Waals surface area contributed by atoms with Crippen molar-refractivity contribution in [1.82, 2.24) is 0 Å². The summed E-state index contributed by atoms with van der Waals surface area (Å²) < 4.78 is 5.38. The summed E-state index contributed by atoms with van der Waals surface area (Å²) in [6.45, 7) is 3.96.